The third-order valence-corrected chi connectivity index (χ3v) is 8.36. The molecule has 7 heteroatoms. The van der Waals surface area contributed by atoms with Crippen molar-refractivity contribution in [2.24, 2.45) is 0 Å². The second-order valence-electron chi connectivity index (χ2n) is 8.73. The van der Waals surface area contributed by atoms with Crippen molar-refractivity contribution in [2.75, 3.05) is 26.2 Å². The Hall–Kier alpha value is -2.12. The van der Waals surface area contributed by atoms with Gasteiger partial charge in [0, 0.05) is 43.6 Å². The average Bonchev–Trinajstić information content (AvgIpc) is 3.30. The lowest BCUT2D eigenvalue weighted by Crippen LogP contribution is -2.50. The van der Waals surface area contributed by atoms with Gasteiger partial charge in [-0.25, -0.2) is 8.42 Å². The monoisotopic (exact) mass is 429 g/mol. The van der Waals surface area contributed by atoms with Gasteiger partial charge in [-0.15, -0.1) is 0 Å². The predicted molar refractivity (Wildman–Crippen MR) is 117 cm³/mol. The van der Waals surface area contributed by atoms with Crippen molar-refractivity contribution in [3.05, 3.63) is 52.3 Å². The molecule has 1 fully saturated rings. The van der Waals surface area contributed by atoms with E-state index in [2.05, 4.69) is 18.4 Å². The maximum Gasteiger partial charge on any atom is 0.255 e. The number of nitrogens with zero attached hydrogens (tertiary/aromatic N) is 3. The van der Waals surface area contributed by atoms with Crippen LogP contribution in [0.3, 0.4) is 0 Å². The van der Waals surface area contributed by atoms with E-state index in [4.69, 9.17) is 0 Å². The van der Waals surface area contributed by atoms with Crippen LogP contribution in [-0.4, -0.2) is 54.3 Å². The Bertz CT molecular complexity index is 1080. The second kappa shape index (κ2) is 7.85. The Balaban J connectivity index is 1.47. The van der Waals surface area contributed by atoms with Crippen LogP contribution in [0.15, 0.2) is 29.2 Å². The first kappa shape index (κ1) is 21.1. The van der Waals surface area contributed by atoms with E-state index in [1.807, 2.05) is 32.0 Å². The molecular weight excluding hydrogens is 398 g/mol. The second-order valence-corrected chi connectivity index (χ2v) is 10.7. The van der Waals surface area contributed by atoms with Gasteiger partial charge in [-0.3, -0.25) is 4.79 Å². The summed E-state index contributed by atoms with van der Waals surface area (Å²) in [6.45, 7) is 9.69. The summed E-state index contributed by atoms with van der Waals surface area (Å²) >= 11 is 0. The Kier molecular flexibility index (Phi) is 5.53. The highest BCUT2D eigenvalue weighted by molar-refractivity contribution is 7.89. The van der Waals surface area contributed by atoms with E-state index in [1.54, 1.807) is 11.0 Å². The Morgan fingerprint density at radius 1 is 0.967 bits per heavy atom. The van der Waals surface area contributed by atoms with E-state index in [-0.39, 0.29) is 5.91 Å². The molecule has 6 nitrogen and oxygen atoms in total. The van der Waals surface area contributed by atoms with Crippen LogP contribution in [0.2, 0.25) is 0 Å². The average molecular weight is 430 g/mol. The number of carbonyl (C=O) groups excluding carboxylic acids is 1. The van der Waals surface area contributed by atoms with E-state index in [1.165, 1.54) is 9.87 Å². The van der Waals surface area contributed by atoms with Crippen molar-refractivity contribution in [2.45, 2.75) is 57.9 Å². The van der Waals surface area contributed by atoms with Crippen molar-refractivity contribution in [1.29, 1.82) is 0 Å². The molecule has 1 aromatic heterocycles. The fourth-order valence-electron chi connectivity index (χ4n) is 4.95. The maximum atomic E-state index is 13.1. The zero-order valence-corrected chi connectivity index (χ0v) is 19.1. The molecular formula is C23H31N3O3S. The van der Waals surface area contributed by atoms with Gasteiger partial charge in [0.15, 0.2) is 0 Å². The van der Waals surface area contributed by atoms with Crippen LogP contribution in [0.1, 0.15) is 59.2 Å². The van der Waals surface area contributed by atoms with Gasteiger partial charge in [0.1, 0.15) is 0 Å². The minimum absolute atomic E-state index is 0.00965. The largest absolute Gasteiger partial charge is 0.346 e. The van der Waals surface area contributed by atoms with Crippen molar-refractivity contribution in [1.82, 2.24) is 13.8 Å². The molecule has 1 aromatic carbocycles. The zero-order valence-electron chi connectivity index (χ0n) is 18.3. The fourth-order valence-corrected chi connectivity index (χ4v) is 6.42. The molecule has 0 N–H and O–H groups in total. The highest BCUT2D eigenvalue weighted by Crippen LogP contribution is 2.27. The summed E-state index contributed by atoms with van der Waals surface area (Å²) in [7, 11) is -3.53. The summed E-state index contributed by atoms with van der Waals surface area (Å²) in [5.41, 5.74) is 5.19. The van der Waals surface area contributed by atoms with Gasteiger partial charge in [-0.2, -0.15) is 4.31 Å². The number of hydrogen-bond donors (Lipinski definition) is 0. The molecule has 0 spiro atoms. The van der Waals surface area contributed by atoms with Gasteiger partial charge in [0.25, 0.3) is 5.91 Å². The molecule has 1 saturated heterocycles. The van der Waals surface area contributed by atoms with Crippen LogP contribution < -0.4 is 0 Å². The molecule has 2 aromatic rings. The molecule has 0 bridgehead atoms. The van der Waals surface area contributed by atoms with Gasteiger partial charge in [-0.05, 0) is 76.3 Å². The molecule has 2 aliphatic rings. The number of amides is 1. The predicted octanol–water partition coefficient (Wildman–Crippen LogP) is 3.32. The molecule has 1 aliphatic heterocycles. The van der Waals surface area contributed by atoms with E-state index < -0.39 is 10.0 Å². The third kappa shape index (κ3) is 3.58. The number of benzene rings is 1. The summed E-state index contributed by atoms with van der Waals surface area (Å²) in [6, 6.07) is 7.78. The number of piperazine rings is 1. The van der Waals surface area contributed by atoms with Gasteiger partial charge < -0.3 is 9.47 Å². The van der Waals surface area contributed by atoms with E-state index in [0.717, 1.165) is 41.8 Å². The summed E-state index contributed by atoms with van der Waals surface area (Å²) in [4.78, 5) is 15.3. The van der Waals surface area contributed by atoms with Gasteiger partial charge in [0.2, 0.25) is 10.0 Å². The number of hydrogen-bond acceptors (Lipinski definition) is 3. The lowest BCUT2D eigenvalue weighted by molar-refractivity contribution is 0.0697. The van der Waals surface area contributed by atoms with Crippen LogP contribution in [0.4, 0.5) is 0 Å². The molecule has 2 heterocycles. The third-order valence-electron chi connectivity index (χ3n) is 6.46. The number of carbonyl (C=O) groups is 1. The standard InChI is InChI=1S/C23H31N3O3S/c1-16(2)26-17(3)14-22(18(26)4)23(27)24-10-12-25(13-11-24)30(28,29)21-9-8-19-6-5-7-20(19)15-21/h8-9,14-16H,5-7,10-13H2,1-4H3. The van der Waals surface area contributed by atoms with Gasteiger partial charge >= 0.3 is 0 Å². The quantitative estimate of drug-likeness (QED) is 0.749. The maximum absolute atomic E-state index is 13.1. The first-order valence-electron chi connectivity index (χ1n) is 10.8. The number of aryl methyl sites for hydroxylation is 3. The first-order chi connectivity index (χ1) is 14.2. The van der Waals surface area contributed by atoms with E-state index in [0.29, 0.717) is 37.1 Å². The minimum Gasteiger partial charge on any atom is -0.346 e. The summed E-state index contributed by atoms with van der Waals surface area (Å²) in [5.74, 6) is -0.00965. The fraction of sp³-hybridized carbons (Fsp3) is 0.522. The molecule has 1 aliphatic carbocycles. The first-order valence-corrected chi connectivity index (χ1v) is 12.2. The van der Waals surface area contributed by atoms with Crippen LogP contribution in [0.5, 0.6) is 0 Å². The Morgan fingerprint density at radius 2 is 1.63 bits per heavy atom. The normalized spacial score (nSPS) is 17.6. The Morgan fingerprint density at radius 3 is 2.27 bits per heavy atom. The smallest absolute Gasteiger partial charge is 0.255 e. The molecule has 0 atom stereocenters. The van der Waals surface area contributed by atoms with Crippen LogP contribution in [0, 0.1) is 13.8 Å². The lowest BCUT2D eigenvalue weighted by Gasteiger charge is -2.34. The number of aromatic nitrogens is 1. The number of fused-ring (bicyclic) bond motifs is 1. The number of rotatable bonds is 4. The topological polar surface area (TPSA) is 62.6 Å². The summed E-state index contributed by atoms with van der Waals surface area (Å²) in [5, 5.41) is 0. The highest BCUT2D eigenvalue weighted by Gasteiger charge is 2.32. The van der Waals surface area contributed by atoms with Crippen LogP contribution >= 0.6 is 0 Å². The van der Waals surface area contributed by atoms with Crippen LogP contribution in [-0.2, 0) is 22.9 Å². The summed E-state index contributed by atoms with van der Waals surface area (Å²) < 4.78 is 29.9. The molecule has 4 rings (SSSR count). The summed E-state index contributed by atoms with van der Waals surface area (Å²) in [6.07, 6.45) is 3.08. The van der Waals surface area contributed by atoms with Crippen molar-refractivity contribution in [3.8, 4) is 0 Å². The van der Waals surface area contributed by atoms with Crippen molar-refractivity contribution >= 4 is 15.9 Å². The zero-order chi connectivity index (χ0) is 21.6. The minimum atomic E-state index is -3.53. The highest BCUT2D eigenvalue weighted by atomic mass is 32.2. The van der Waals surface area contributed by atoms with Crippen molar-refractivity contribution < 1.29 is 13.2 Å². The Labute approximate surface area is 179 Å². The lowest BCUT2D eigenvalue weighted by atomic mass is 10.1. The van der Waals surface area contributed by atoms with Gasteiger partial charge in [0.05, 0.1) is 10.5 Å². The van der Waals surface area contributed by atoms with E-state index in [9.17, 15) is 13.2 Å². The SMILES string of the molecule is Cc1cc(C(=O)N2CCN(S(=O)(=O)c3ccc4c(c3)CCC4)CC2)c(C)n1C(C)C. The molecule has 0 unspecified atom stereocenters. The van der Waals surface area contributed by atoms with Gasteiger partial charge in [-0.1, -0.05) is 6.07 Å². The molecule has 0 radical (unpaired) electrons. The molecule has 162 valence electrons. The molecule has 1 amide bonds. The molecule has 0 saturated carbocycles. The van der Waals surface area contributed by atoms with Crippen LogP contribution in [0.25, 0.3) is 0 Å². The van der Waals surface area contributed by atoms with E-state index >= 15 is 0 Å². The number of sulfonamides is 1. The molecule has 30 heavy (non-hydrogen) atoms. The van der Waals surface area contributed by atoms with Crippen molar-refractivity contribution in [3.63, 3.8) is 0 Å².